The molecule has 0 amide bonds. The molecule has 6 rings (SSSR count). The van der Waals surface area contributed by atoms with Crippen LogP contribution in [0, 0.1) is 0 Å². The van der Waals surface area contributed by atoms with Gasteiger partial charge in [0.1, 0.15) is 5.82 Å². The van der Waals surface area contributed by atoms with Crippen LogP contribution >= 0.6 is 0 Å². The van der Waals surface area contributed by atoms with Crippen LogP contribution in [0.3, 0.4) is 0 Å². The summed E-state index contributed by atoms with van der Waals surface area (Å²) >= 11 is 0. The number of nitrogen functional groups attached to an aromatic ring is 1. The summed E-state index contributed by atoms with van der Waals surface area (Å²) < 4.78 is 13.4. The quantitative estimate of drug-likeness (QED) is 0.686. The maximum atomic E-state index is 6.43. The van der Waals surface area contributed by atoms with Crippen LogP contribution in [0.4, 0.5) is 11.6 Å². The van der Waals surface area contributed by atoms with Crippen LogP contribution in [-0.4, -0.2) is 63.0 Å². The zero-order chi connectivity index (χ0) is 20.2. The Morgan fingerprint density at radius 3 is 3.03 bits per heavy atom. The second kappa shape index (κ2) is 6.82. The largest absolute Gasteiger partial charge is 0.382 e. The van der Waals surface area contributed by atoms with Crippen LogP contribution in [0.15, 0.2) is 24.4 Å². The summed E-state index contributed by atoms with van der Waals surface area (Å²) in [4.78, 5) is 7.33. The number of ether oxygens (including phenoxy) is 2. The van der Waals surface area contributed by atoms with Crippen molar-refractivity contribution in [2.24, 2.45) is 0 Å². The first-order chi connectivity index (χ1) is 14.7. The van der Waals surface area contributed by atoms with E-state index >= 15 is 0 Å². The van der Waals surface area contributed by atoms with Crippen LogP contribution < -0.4 is 10.6 Å². The highest BCUT2D eigenvalue weighted by Crippen LogP contribution is 2.41. The molecule has 2 saturated heterocycles. The van der Waals surface area contributed by atoms with Gasteiger partial charge in [0.15, 0.2) is 17.3 Å². The Morgan fingerprint density at radius 2 is 2.23 bits per heavy atom. The highest BCUT2D eigenvalue weighted by Gasteiger charge is 2.32. The number of nitrogens with one attached hydrogen (secondary N) is 1. The minimum atomic E-state index is 0.191. The number of aromatic nitrogens is 5. The van der Waals surface area contributed by atoms with Crippen molar-refractivity contribution < 1.29 is 9.47 Å². The molecule has 0 aromatic carbocycles. The van der Waals surface area contributed by atoms with Crippen molar-refractivity contribution in [2.75, 3.05) is 30.4 Å². The predicted octanol–water partition coefficient (Wildman–Crippen LogP) is 2.29. The highest BCUT2D eigenvalue weighted by molar-refractivity contribution is 5.99. The molecule has 3 aliphatic heterocycles. The van der Waals surface area contributed by atoms with E-state index in [-0.39, 0.29) is 18.2 Å². The Balaban J connectivity index is 1.58. The zero-order valence-corrected chi connectivity index (χ0v) is 16.9. The summed E-state index contributed by atoms with van der Waals surface area (Å²) in [5.74, 6) is 2.14. The molecule has 0 spiro atoms. The molecule has 30 heavy (non-hydrogen) atoms. The summed E-state index contributed by atoms with van der Waals surface area (Å²) in [6.07, 6.45) is 7.52. The number of morpholine rings is 1. The van der Waals surface area contributed by atoms with E-state index in [4.69, 9.17) is 20.2 Å². The number of rotatable bonds is 3. The summed E-state index contributed by atoms with van der Waals surface area (Å²) in [6.45, 7) is 4.36. The predicted molar refractivity (Wildman–Crippen MR) is 114 cm³/mol. The van der Waals surface area contributed by atoms with E-state index in [0.29, 0.717) is 19.0 Å². The van der Waals surface area contributed by atoms with Crippen LogP contribution in [0.2, 0.25) is 0 Å². The smallest absolute Gasteiger partial charge is 0.169 e. The summed E-state index contributed by atoms with van der Waals surface area (Å²) in [6, 6.07) is 4.29. The molecule has 3 atom stereocenters. The van der Waals surface area contributed by atoms with Gasteiger partial charge in [-0.15, -0.1) is 5.10 Å². The Bertz CT molecular complexity index is 1120. The second-order valence-corrected chi connectivity index (χ2v) is 8.35. The molecule has 9 nitrogen and oxygen atoms in total. The fourth-order valence-electron chi connectivity index (χ4n) is 4.88. The Labute approximate surface area is 173 Å². The van der Waals surface area contributed by atoms with Gasteiger partial charge < -0.3 is 20.1 Å². The van der Waals surface area contributed by atoms with E-state index in [2.05, 4.69) is 39.3 Å². The van der Waals surface area contributed by atoms with E-state index in [1.165, 1.54) is 5.57 Å². The maximum Gasteiger partial charge on any atom is 0.169 e. The molecule has 0 radical (unpaired) electrons. The Kier molecular flexibility index (Phi) is 4.07. The fraction of sp³-hybridized carbons (Fsp3) is 0.476. The molecule has 2 bridgehead atoms. The summed E-state index contributed by atoms with van der Waals surface area (Å²) in [5.41, 5.74) is 9.56. The minimum Gasteiger partial charge on any atom is -0.382 e. The summed E-state index contributed by atoms with van der Waals surface area (Å²) in [5, 5.41) is 12.5. The fourth-order valence-corrected chi connectivity index (χ4v) is 4.88. The number of anilines is 2. The maximum absolute atomic E-state index is 6.43. The van der Waals surface area contributed by atoms with Gasteiger partial charge in [0.2, 0.25) is 0 Å². The van der Waals surface area contributed by atoms with Crippen molar-refractivity contribution in [3.63, 3.8) is 0 Å². The van der Waals surface area contributed by atoms with Gasteiger partial charge in [-0.25, -0.2) is 4.98 Å². The lowest BCUT2D eigenvalue weighted by molar-refractivity contribution is 0.0672. The van der Waals surface area contributed by atoms with Gasteiger partial charge in [0.25, 0.3) is 0 Å². The first kappa shape index (κ1) is 17.9. The topological polar surface area (TPSA) is 107 Å². The average Bonchev–Trinajstić information content (AvgIpc) is 3.47. The second-order valence-electron chi connectivity index (χ2n) is 8.35. The molecule has 9 heteroatoms. The first-order valence-electron chi connectivity index (χ1n) is 10.6. The van der Waals surface area contributed by atoms with Crippen molar-refractivity contribution >= 4 is 28.2 Å². The van der Waals surface area contributed by atoms with Gasteiger partial charge in [0, 0.05) is 12.6 Å². The zero-order valence-electron chi connectivity index (χ0n) is 16.9. The average molecular weight is 407 g/mol. The standard InChI is InChI=1S/C21H25N7O2/c1-12-11-29-7-6-27(12)18-10-16(13-8-14-2-3-15(9-13)30-14)19-20(22)26-28(21(19)24-18)17-4-5-23-25-17/h4-5,8,10,12,14-15H,2-3,6-7,9,11H2,1H3,(H2,22,26)(H,23,25). The van der Waals surface area contributed by atoms with E-state index in [1.807, 2.05) is 6.07 Å². The van der Waals surface area contributed by atoms with Gasteiger partial charge in [-0.1, -0.05) is 6.08 Å². The van der Waals surface area contributed by atoms with Crippen molar-refractivity contribution in [3.8, 4) is 5.82 Å². The number of aromatic amines is 1. The van der Waals surface area contributed by atoms with E-state index in [9.17, 15) is 0 Å². The van der Waals surface area contributed by atoms with Crippen LogP contribution in [-0.2, 0) is 9.47 Å². The SMILES string of the molecule is CC1COCCN1c1cc(C2=CC3CCC(C2)O3)c2c(N)nn(-c3ccn[nH]3)c2n1. The molecular formula is C21H25N7O2. The summed E-state index contributed by atoms with van der Waals surface area (Å²) in [7, 11) is 0. The number of nitrogens with two attached hydrogens (primary N) is 1. The lowest BCUT2D eigenvalue weighted by atomic mass is 9.96. The van der Waals surface area contributed by atoms with Gasteiger partial charge in [0.05, 0.1) is 43.0 Å². The Morgan fingerprint density at radius 1 is 1.30 bits per heavy atom. The highest BCUT2D eigenvalue weighted by atomic mass is 16.5. The minimum absolute atomic E-state index is 0.191. The molecule has 3 aromatic heterocycles. The third-order valence-electron chi connectivity index (χ3n) is 6.35. The van der Waals surface area contributed by atoms with E-state index in [0.717, 1.165) is 54.0 Å². The third-order valence-corrected chi connectivity index (χ3v) is 6.35. The van der Waals surface area contributed by atoms with Gasteiger partial charge in [-0.05, 0) is 43.4 Å². The number of hydrogen-bond donors (Lipinski definition) is 2. The van der Waals surface area contributed by atoms with Gasteiger partial charge in [-0.3, -0.25) is 5.10 Å². The van der Waals surface area contributed by atoms with Gasteiger partial charge in [-0.2, -0.15) is 9.78 Å². The molecular weight excluding hydrogens is 382 g/mol. The van der Waals surface area contributed by atoms with E-state index < -0.39 is 0 Å². The number of fused-ring (bicyclic) bond motifs is 3. The molecule has 3 aliphatic rings. The molecule has 3 unspecified atom stereocenters. The molecule has 2 fully saturated rings. The number of pyridine rings is 1. The van der Waals surface area contributed by atoms with Crippen molar-refractivity contribution in [1.29, 1.82) is 0 Å². The monoisotopic (exact) mass is 407 g/mol. The molecule has 3 N–H and O–H groups in total. The van der Waals surface area contributed by atoms with E-state index in [1.54, 1.807) is 10.9 Å². The molecule has 156 valence electrons. The molecule has 6 heterocycles. The normalized spacial score (nSPS) is 26.4. The molecule has 3 aromatic rings. The van der Waals surface area contributed by atoms with Crippen molar-refractivity contribution in [3.05, 3.63) is 30.0 Å². The number of H-pyrrole nitrogens is 1. The molecule has 0 aliphatic carbocycles. The van der Waals surface area contributed by atoms with Crippen LogP contribution in [0.5, 0.6) is 0 Å². The lowest BCUT2D eigenvalue weighted by Gasteiger charge is -2.34. The number of nitrogens with zero attached hydrogens (tertiary/aromatic N) is 5. The number of hydrogen-bond acceptors (Lipinski definition) is 7. The third kappa shape index (κ3) is 2.80. The molecule has 0 saturated carbocycles. The van der Waals surface area contributed by atoms with Gasteiger partial charge >= 0.3 is 0 Å². The van der Waals surface area contributed by atoms with Crippen LogP contribution in [0.25, 0.3) is 22.4 Å². The van der Waals surface area contributed by atoms with Crippen molar-refractivity contribution in [2.45, 2.75) is 44.4 Å². The van der Waals surface area contributed by atoms with Crippen molar-refractivity contribution in [1.82, 2.24) is 25.0 Å². The Hall–Kier alpha value is -2.91. The first-order valence-corrected chi connectivity index (χ1v) is 10.6. The lowest BCUT2D eigenvalue weighted by Crippen LogP contribution is -2.44. The van der Waals surface area contributed by atoms with Crippen LogP contribution in [0.1, 0.15) is 31.7 Å².